The number of carbonyl (C=O) groups excluding carboxylic acids is 2. The van der Waals surface area contributed by atoms with E-state index in [0.29, 0.717) is 11.9 Å². The molecule has 2 aromatic rings. The average molecular weight is 479 g/mol. The number of hydrogen-bond acceptors (Lipinski definition) is 7. The van der Waals surface area contributed by atoms with Crippen molar-refractivity contribution in [2.24, 2.45) is 0 Å². The van der Waals surface area contributed by atoms with Crippen molar-refractivity contribution in [3.63, 3.8) is 0 Å². The van der Waals surface area contributed by atoms with Crippen molar-refractivity contribution in [2.75, 3.05) is 18.9 Å². The first-order valence-corrected chi connectivity index (χ1v) is 12.6. The number of nitrogens with zero attached hydrogens (tertiary/aromatic N) is 1. The number of amides is 1. The monoisotopic (exact) mass is 478 g/mol. The highest BCUT2D eigenvalue weighted by Crippen LogP contribution is 2.32. The van der Waals surface area contributed by atoms with Crippen LogP contribution in [0.25, 0.3) is 10.9 Å². The second kappa shape index (κ2) is 9.17. The fraction of sp³-hybridized carbons (Fsp3) is 0.522. The van der Waals surface area contributed by atoms with Crippen LogP contribution in [0.3, 0.4) is 0 Å². The lowest BCUT2D eigenvalue weighted by atomic mass is 9.96. The first-order chi connectivity index (χ1) is 15.3. The van der Waals surface area contributed by atoms with Gasteiger partial charge in [0.25, 0.3) is 0 Å². The number of rotatable bonds is 6. The van der Waals surface area contributed by atoms with Crippen LogP contribution in [0.5, 0.6) is 0 Å². The first kappa shape index (κ1) is 24.8. The third-order valence-electron chi connectivity index (χ3n) is 5.38. The summed E-state index contributed by atoms with van der Waals surface area (Å²) < 4.78 is 38.0. The van der Waals surface area contributed by atoms with Crippen LogP contribution in [0.2, 0.25) is 0 Å². The van der Waals surface area contributed by atoms with Gasteiger partial charge in [0.15, 0.2) is 9.84 Å². The van der Waals surface area contributed by atoms with E-state index in [4.69, 9.17) is 9.47 Å². The lowest BCUT2D eigenvalue weighted by Gasteiger charge is -2.27. The van der Waals surface area contributed by atoms with Crippen LogP contribution < -0.4 is 10.7 Å². The molecule has 1 atom stereocenters. The van der Waals surface area contributed by atoms with Crippen molar-refractivity contribution >= 4 is 32.8 Å². The van der Waals surface area contributed by atoms with E-state index in [1.165, 1.54) is 12.3 Å². The van der Waals surface area contributed by atoms with Gasteiger partial charge in [0, 0.05) is 24.2 Å². The van der Waals surface area contributed by atoms with Gasteiger partial charge in [-0.15, -0.1) is 0 Å². The summed E-state index contributed by atoms with van der Waals surface area (Å²) in [5.41, 5.74) is -0.00366. The zero-order chi connectivity index (χ0) is 24.6. The Morgan fingerprint density at radius 2 is 1.94 bits per heavy atom. The minimum Gasteiger partial charge on any atom is -0.462 e. The first-order valence-electron chi connectivity index (χ1n) is 10.9. The zero-order valence-corrected chi connectivity index (χ0v) is 20.4. The highest BCUT2D eigenvalue weighted by atomic mass is 32.2. The third kappa shape index (κ3) is 5.38. The van der Waals surface area contributed by atoms with Crippen LogP contribution in [0.15, 0.2) is 28.0 Å². The summed E-state index contributed by atoms with van der Waals surface area (Å²) in [5, 5.41) is 2.61. The molecule has 0 spiro atoms. The minimum atomic E-state index is -3.82. The summed E-state index contributed by atoms with van der Waals surface area (Å²) in [5.74, 6) is -1.10. The van der Waals surface area contributed by atoms with Gasteiger partial charge in [-0.2, -0.15) is 0 Å². The Bertz CT molecular complexity index is 1260. The van der Waals surface area contributed by atoms with E-state index in [1.807, 2.05) is 11.5 Å². The molecule has 0 unspecified atom stereocenters. The number of pyridine rings is 1. The molecule has 0 fully saturated rings. The molecule has 0 radical (unpaired) electrons. The highest BCUT2D eigenvalue weighted by molar-refractivity contribution is 7.91. The molecular weight excluding hydrogens is 448 g/mol. The van der Waals surface area contributed by atoms with E-state index in [-0.39, 0.29) is 40.8 Å². The lowest BCUT2D eigenvalue weighted by Crippen LogP contribution is -2.35. The Hall–Kier alpha value is -2.88. The van der Waals surface area contributed by atoms with Crippen molar-refractivity contribution in [2.45, 2.75) is 64.0 Å². The van der Waals surface area contributed by atoms with Crippen LogP contribution >= 0.6 is 0 Å². The SMILES string of the molecule is CCOC(=O)c1cn2c3c(cc(S(=O)(=O)CCNC(=O)OC(C)(C)C)cc3c1=O)CC[C@H]2C. The molecule has 9 nitrogen and oxygen atoms in total. The van der Waals surface area contributed by atoms with E-state index < -0.39 is 32.9 Å². The van der Waals surface area contributed by atoms with Gasteiger partial charge in [0.05, 0.1) is 22.8 Å². The molecule has 0 saturated heterocycles. The number of nitrogens with one attached hydrogen (secondary N) is 1. The number of alkyl carbamates (subject to hydrolysis) is 1. The Balaban J connectivity index is 1.99. The number of ether oxygens (including phenoxy) is 2. The summed E-state index contributed by atoms with van der Waals surface area (Å²) in [4.78, 5) is 37.3. The van der Waals surface area contributed by atoms with Gasteiger partial charge in [-0.1, -0.05) is 0 Å². The molecule has 10 heteroatoms. The number of sulfone groups is 1. The summed E-state index contributed by atoms with van der Waals surface area (Å²) in [6, 6.07) is 2.94. The standard InChI is InChI=1S/C23H30N2O7S/c1-6-31-21(27)18-13-25-14(2)7-8-15-11-16(12-17(19(15)25)20(18)26)33(29,30)10-9-24-22(28)32-23(3,4)5/h11-14H,6-10H2,1-5H3,(H,24,28)/t14-/m1/s1. The van der Waals surface area contributed by atoms with E-state index in [0.717, 1.165) is 12.0 Å². The van der Waals surface area contributed by atoms with Crippen LogP contribution in [0.4, 0.5) is 4.79 Å². The number of carbonyl (C=O) groups is 2. The van der Waals surface area contributed by atoms with Gasteiger partial charge in [-0.05, 0) is 65.2 Å². The maximum Gasteiger partial charge on any atom is 0.407 e. The van der Waals surface area contributed by atoms with E-state index in [2.05, 4.69) is 5.32 Å². The van der Waals surface area contributed by atoms with E-state index >= 15 is 0 Å². The maximum atomic E-state index is 13.1. The fourth-order valence-corrected chi connectivity index (χ4v) is 5.07. The molecule has 3 rings (SSSR count). The Labute approximate surface area is 193 Å². The van der Waals surface area contributed by atoms with Crippen molar-refractivity contribution in [1.82, 2.24) is 9.88 Å². The predicted octanol–water partition coefficient (Wildman–Crippen LogP) is 2.98. The van der Waals surface area contributed by atoms with Crippen molar-refractivity contribution in [3.05, 3.63) is 39.7 Å². The number of esters is 1. The normalized spacial score (nSPS) is 15.8. The van der Waals surface area contributed by atoms with Crippen molar-refractivity contribution in [3.8, 4) is 0 Å². The summed E-state index contributed by atoms with van der Waals surface area (Å²) >= 11 is 0. The largest absolute Gasteiger partial charge is 0.462 e. The molecule has 0 saturated carbocycles. The molecule has 1 aliphatic rings. The average Bonchev–Trinajstić information content (AvgIpc) is 2.70. The summed E-state index contributed by atoms with van der Waals surface area (Å²) in [7, 11) is -3.82. The third-order valence-corrected chi connectivity index (χ3v) is 7.07. The Kier molecular flexibility index (Phi) is 6.88. The van der Waals surface area contributed by atoms with Gasteiger partial charge in [0.1, 0.15) is 11.2 Å². The summed E-state index contributed by atoms with van der Waals surface area (Å²) in [6.07, 6.45) is 2.14. The molecule has 0 bridgehead atoms. The fourth-order valence-electron chi connectivity index (χ4n) is 3.85. The molecule has 0 aliphatic carbocycles. The minimum absolute atomic E-state index is 0.0183. The molecule has 2 heterocycles. The van der Waals surface area contributed by atoms with Crippen LogP contribution in [0.1, 0.15) is 63.0 Å². The van der Waals surface area contributed by atoms with Crippen LogP contribution in [-0.2, 0) is 25.7 Å². The number of hydrogen-bond donors (Lipinski definition) is 1. The number of aromatic nitrogens is 1. The van der Waals surface area contributed by atoms with E-state index in [9.17, 15) is 22.8 Å². The van der Waals surface area contributed by atoms with Crippen molar-refractivity contribution < 1.29 is 27.5 Å². The molecule has 1 amide bonds. The number of aryl methyl sites for hydroxylation is 1. The molecule has 1 aromatic heterocycles. The lowest BCUT2D eigenvalue weighted by molar-refractivity contribution is 0.0516. The second-order valence-electron chi connectivity index (χ2n) is 9.11. The van der Waals surface area contributed by atoms with Crippen molar-refractivity contribution in [1.29, 1.82) is 0 Å². The Morgan fingerprint density at radius 1 is 1.24 bits per heavy atom. The molecule has 1 N–H and O–H groups in total. The van der Waals surface area contributed by atoms with Crippen LogP contribution in [0, 0.1) is 0 Å². The van der Waals surface area contributed by atoms with E-state index in [1.54, 1.807) is 33.8 Å². The quantitative estimate of drug-likeness (QED) is 0.634. The van der Waals surface area contributed by atoms with Gasteiger partial charge < -0.3 is 19.4 Å². The highest BCUT2D eigenvalue weighted by Gasteiger charge is 2.26. The maximum absolute atomic E-state index is 13.1. The predicted molar refractivity (Wildman–Crippen MR) is 123 cm³/mol. The zero-order valence-electron chi connectivity index (χ0n) is 19.6. The second-order valence-corrected chi connectivity index (χ2v) is 11.2. The van der Waals surface area contributed by atoms with Gasteiger partial charge in [0.2, 0.25) is 5.43 Å². The van der Waals surface area contributed by atoms with Crippen LogP contribution in [-0.4, -0.2) is 49.6 Å². The number of benzene rings is 1. The molecule has 1 aliphatic heterocycles. The van der Waals surface area contributed by atoms with Gasteiger partial charge in [-0.3, -0.25) is 4.79 Å². The molecular formula is C23H30N2O7S. The molecule has 180 valence electrons. The van der Waals surface area contributed by atoms with Gasteiger partial charge in [-0.25, -0.2) is 18.0 Å². The smallest absolute Gasteiger partial charge is 0.407 e. The van der Waals surface area contributed by atoms with Gasteiger partial charge >= 0.3 is 12.1 Å². The molecule has 33 heavy (non-hydrogen) atoms. The summed E-state index contributed by atoms with van der Waals surface area (Å²) in [6.45, 7) is 8.74. The topological polar surface area (TPSA) is 121 Å². The molecule has 1 aromatic carbocycles. The Morgan fingerprint density at radius 3 is 2.58 bits per heavy atom.